The van der Waals surface area contributed by atoms with Crippen LogP contribution >= 0.6 is 0 Å². The lowest BCUT2D eigenvalue weighted by Gasteiger charge is -2.11. The van der Waals surface area contributed by atoms with Gasteiger partial charge in [-0.1, -0.05) is 62.2 Å². The molecule has 2 rings (SSSR count). The molecule has 112 valence electrons. The van der Waals surface area contributed by atoms with Gasteiger partial charge in [-0.25, -0.2) is 0 Å². The molecule has 0 N–H and O–H groups in total. The maximum absolute atomic E-state index is 5.18. The quantitative estimate of drug-likeness (QED) is 0.598. The highest BCUT2D eigenvalue weighted by atomic mass is 16.5. The summed E-state index contributed by atoms with van der Waals surface area (Å²) in [6.07, 6.45) is 6.25. The van der Waals surface area contributed by atoms with E-state index in [4.69, 9.17) is 4.74 Å². The lowest BCUT2D eigenvalue weighted by molar-refractivity contribution is 0.414. The Morgan fingerprint density at radius 1 is 0.857 bits per heavy atom. The molecule has 0 amide bonds. The highest BCUT2D eigenvalue weighted by molar-refractivity contribution is 5.27. The molecule has 0 aliphatic heterocycles. The monoisotopic (exact) mass is 282 g/mol. The van der Waals surface area contributed by atoms with Gasteiger partial charge in [-0.05, 0) is 48.4 Å². The van der Waals surface area contributed by atoms with Crippen molar-refractivity contribution < 1.29 is 4.74 Å². The third-order valence-corrected chi connectivity index (χ3v) is 4.00. The molecule has 0 saturated carbocycles. The van der Waals surface area contributed by atoms with E-state index in [2.05, 4.69) is 49.4 Å². The number of methoxy groups -OCH3 is 1. The van der Waals surface area contributed by atoms with Crippen molar-refractivity contribution in [1.29, 1.82) is 0 Å². The molecule has 0 heterocycles. The van der Waals surface area contributed by atoms with Gasteiger partial charge in [0.25, 0.3) is 0 Å². The molecule has 1 nitrogen and oxygen atoms in total. The summed E-state index contributed by atoms with van der Waals surface area (Å²) in [6, 6.07) is 19.3. The van der Waals surface area contributed by atoms with E-state index in [9.17, 15) is 0 Å². The topological polar surface area (TPSA) is 9.23 Å². The molecular weight excluding hydrogens is 256 g/mol. The van der Waals surface area contributed by atoms with Gasteiger partial charge in [-0.15, -0.1) is 0 Å². The molecule has 0 aliphatic carbocycles. The van der Waals surface area contributed by atoms with Crippen molar-refractivity contribution in [3.05, 3.63) is 65.7 Å². The normalized spacial score (nSPS) is 12.1. The molecule has 1 atom stereocenters. The second-order valence-corrected chi connectivity index (χ2v) is 5.89. The summed E-state index contributed by atoms with van der Waals surface area (Å²) >= 11 is 0. The number of rotatable bonds is 8. The van der Waals surface area contributed by atoms with Crippen LogP contribution in [-0.4, -0.2) is 7.11 Å². The van der Waals surface area contributed by atoms with Crippen LogP contribution in [0.4, 0.5) is 0 Å². The third kappa shape index (κ3) is 5.63. The first-order chi connectivity index (χ1) is 10.3. The molecule has 0 saturated heterocycles. The standard InChI is InChI=1S/C20H26O/c1-17(16-19-10-4-3-5-11-19)8-6-7-9-18-12-14-20(21-2)15-13-18/h3-5,10-15,17H,6-9,16H2,1-2H3/t17-/m0/s1. The zero-order valence-electron chi connectivity index (χ0n) is 13.2. The summed E-state index contributed by atoms with van der Waals surface area (Å²) in [5.41, 5.74) is 2.87. The Bertz CT molecular complexity index is 501. The first-order valence-electron chi connectivity index (χ1n) is 7.95. The summed E-state index contributed by atoms with van der Waals surface area (Å²) in [7, 11) is 1.71. The van der Waals surface area contributed by atoms with Gasteiger partial charge in [0.2, 0.25) is 0 Å². The van der Waals surface area contributed by atoms with Crippen molar-refractivity contribution in [1.82, 2.24) is 0 Å². The van der Waals surface area contributed by atoms with Gasteiger partial charge < -0.3 is 4.74 Å². The van der Waals surface area contributed by atoms with Crippen LogP contribution in [0.25, 0.3) is 0 Å². The maximum Gasteiger partial charge on any atom is 0.118 e. The molecule has 0 aliphatic rings. The number of hydrogen-bond acceptors (Lipinski definition) is 1. The molecule has 0 bridgehead atoms. The minimum atomic E-state index is 0.767. The van der Waals surface area contributed by atoms with Crippen LogP contribution in [0, 0.1) is 5.92 Å². The smallest absolute Gasteiger partial charge is 0.118 e. The molecular formula is C20H26O. The van der Waals surface area contributed by atoms with Crippen LogP contribution in [0.15, 0.2) is 54.6 Å². The number of aryl methyl sites for hydroxylation is 1. The predicted molar refractivity (Wildman–Crippen MR) is 89.9 cm³/mol. The Labute approximate surface area is 129 Å². The van der Waals surface area contributed by atoms with Crippen molar-refractivity contribution in [3.63, 3.8) is 0 Å². The van der Waals surface area contributed by atoms with E-state index in [1.807, 2.05) is 12.1 Å². The van der Waals surface area contributed by atoms with E-state index >= 15 is 0 Å². The van der Waals surface area contributed by atoms with E-state index in [0.29, 0.717) is 0 Å². The minimum absolute atomic E-state index is 0.767. The number of benzene rings is 2. The molecule has 0 unspecified atom stereocenters. The van der Waals surface area contributed by atoms with Crippen molar-refractivity contribution in [3.8, 4) is 5.75 Å². The summed E-state index contributed by atoms with van der Waals surface area (Å²) in [4.78, 5) is 0. The number of unbranched alkanes of at least 4 members (excludes halogenated alkanes) is 1. The molecule has 0 radical (unpaired) electrons. The van der Waals surface area contributed by atoms with E-state index < -0.39 is 0 Å². The van der Waals surface area contributed by atoms with Crippen molar-refractivity contribution in [2.45, 2.75) is 39.0 Å². The number of hydrogen-bond donors (Lipinski definition) is 0. The van der Waals surface area contributed by atoms with Gasteiger partial charge in [0.15, 0.2) is 0 Å². The molecule has 2 aromatic carbocycles. The second-order valence-electron chi connectivity index (χ2n) is 5.89. The summed E-state index contributed by atoms with van der Waals surface area (Å²) in [5.74, 6) is 1.71. The summed E-state index contributed by atoms with van der Waals surface area (Å²) < 4.78 is 5.18. The zero-order chi connectivity index (χ0) is 14.9. The van der Waals surface area contributed by atoms with Gasteiger partial charge in [0.1, 0.15) is 5.75 Å². The highest BCUT2D eigenvalue weighted by Crippen LogP contribution is 2.17. The van der Waals surface area contributed by atoms with Crippen molar-refractivity contribution in [2.24, 2.45) is 5.92 Å². The lowest BCUT2D eigenvalue weighted by Crippen LogP contribution is -2.00. The fraction of sp³-hybridized carbons (Fsp3) is 0.400. The molecule has 0 aromatic heterocycles. The van der Waals surface area contributed by atoms with Crippen LogP contribution in [-0.2, 0) is 12.8 Å². The Hall–Kier alpha value is -1.76. The van der Waals surface area contributed by atoms with E-state index in [-0.39, 0.29) is 0 Å². The highest BCUT2D eigenvalue weighted by Gasteiger charge is 2.03. The Balaban J connectivity index is 1.64. The van der Waals surface area contributed by atoms with Gasteiger partial charge in [0, 0.05) is 0 Å². The third-order valence-electron chi connectivity index (χ3n) is 4.00. The Morgan fingerprint density at radius 2 is 1.57 bits per heavy atom. The fourth-order valence-corrected chi connectivity index (χ4v) is 2.73. The molecule has 0 fully saturated rings. The van der Waals surface area contributed by atoms with Crippen LogP contribution in [0.3, 0.4) is 0 Å². The maximum atomic E-state index is 5.18. The van der Waals surface area contributed by atoms with Crippen molar-refractivity contribution in [2.75, 3.05) is 7.11 Å². The Morgan fingerprint density at radius 3 is 2.24 bits per heavy atom. The average molecular weight is 282 g/mol. The van der Waals surface area contributed by atoms with Gasteiger partial charge in [-0.3, -0.25) is 0 Å². The van der Waals surface area contributed by atoms with Gasteiger partial charge >= 0.3 is 0 Å². The molecule has 2 aromatic rings. The molecule has 0 spiro atoms. The van der Waals surface area contributed by atoms with Gasteiger partial charge in [-0.2, -0.15) is 0 Å². The van der Waals surface area contributed by atoms with Gasteiger partial charge in [0.05, 0.1) is 7.11 Å². The van der Waals surface area contributed by atoms with Crippen LogP contribution in [0.1, 0.15) is 37.3 Å². The van der Waals surface area contributed by atoms with E-state index in [1.165, 1.54) is 43.2 Å². The van der Waals surface area contributed by atoms with E-state index in [1.54, 1.807) is 7.11 Å². The fourth-order valence-electron chi connectivity index (χ4n) is 2.73. The van der Waals surface area contributed by atoms with Crippen LogP contribution in [0.2, 0.25) is 0 Å². The SMILES string of the molecule is COc1ccc(CCCC[C@H](C)Cc2ccccc2)cc1. The number of ether oxygens (including phenoxy) is 1. The van der Waals surface area contributed by atoms with Crippen LogP contribution in [0.5, 0.6) is 5.75 Å². The summed E-state index contributed by atoms with van der Waals surface area (Å²) in [6.45, 7) is 2.36. The predicted octanol–water partition coefficient (Wildman–Crippen LogP) is 5.29. The molecule has 1 heteroatoms. The van der Waals surface area contributed by atoms with E-state index in [0.717, 1.165) is 11.7 Å². The summed E-state index contributed by atoms with van der Waals surface area (Å²) in [5, 5.41) is 0. The van der Waals surface area contributed by atoms with Crippen LogP contribution < -0.4 is 4.74 Å². The molecule has 21 heavy (non-hydrogen) atoms. The second kappa shape index (κ2) is 8.51. The average Bonchev–Trinajstić information content (AvgIpc) is 2.53. The first-order valence-corrected chi connectivity index (χ1v) is 7.95. The van der Waals surface area contributed by atoms with Crippen molar-refractivity contribution >= 4 is 0 Å². The minimum Gasteiger partial charge on any atom is -0.497 e. The largest absolute Gasteiger partial charge is 0.497 e. The lowest BCUT2D eigenvalue weighted by atomic mass is 9.95. The first kappa shape index (κ1) is 15.6. The zero-order valence-corrected chi connectivity index (χ0v) is 13.2. The Kier molecular flexibility index (Phi) is 6.33.